The van der Waals surface area contributed by atoms with Gasteiger partial charge in [0.25, 0.3) is 11.8 Å². The molecular formula is C30H44N2O11. The lowest BCUT2D eigenvalue weighted by molar-refractivity contribution is 0.00303. The highest BCUT2D eigenvalue weighted by molar-refractivity contribution is 6.23. The number of aliphatic hydroxyl groups excluding tert-OH is 5. The first-order valence-electron chi connectivity index (χ1n) is 14.2. The number of carbonyl (C=O) groups is 4. The van der Waals surface area contributed by atoms with Gasteiger partial charge in [-0.1, -0.05) is 6.92 Å². The summed E-state index contributed by atoms with van der Waals surface area (Å²) in [6, 6.07) is 4.87. The maximum Gasteiger partial charge on any atom is 0.336 e. The number of unbranched alkanes of at least 4 members (excludes halogenated alkanes) is 4. The van der Waals surface area contributed by atoms with Crippen molar-refractivity contribution in [3.63, 3.8) is 0 Å². The Hall–Kier alpha value is -3.62. The molecule has 0 spiro atoms. The third-order valence-electron chi connectivity index (χ3n) is 7.11. The van der Waals surface area contributed by atoms with Crippen LogP contribution in [0.1, 0.15) is 93.3 Å². The highest BCUT2D eigenvalue weighted by atomic mass is 16.4. The van der Waals surface area contributed by atoms with Gasteiger partial charge in [-0.3, -0.25) is 9.59 Å². The topological polar surface area (TPSA) is 234 Å². The lowest BCUT2D eigenvalue weighted by Crippen LogP contribution is -2.32. The highest BCUT2D eigenvalue weighted by Crippen LogP contribution is 2.30. The molecule has 0 radical (unpaired) electrons. The Bertz CT molecular complexity index is 1110. The van der Waals surface area contributed by atoms with Crippen LogP contribution in [0.2, 0.25) is 0 Å². The molecule has 13 heteroatoms. The molecule has 0 unspecified atom stereocenters. The SMILES string of the molecule is CCC(CO)(CO)CO.O=C(O)c1ccc(C(=O)O)c2c(C(=O)NCCCCCO)ccc(C(=O)NCCCCCO)c12. The summed E-state index contributed by atoms with van der Waals surface area (Å²) in [4.78, 5) is 49.6. The van der Waals surface area contributed by atoms with Crippen molar-refractivity contribution in [1.29, 1.82) is 0 Å². The summed E-state index contributed by atoms with van der Waals surface area (Å²) in [6.45, 7) is 2.02. The quantitative estimate of drug-likeness (QED) is 0.110. The molecule has 0 atom stereocenters. The number of benzene rings is 2. The second-order valence-electron chi connectivity index (χ2n) is 10.1. The Morgan fingerprint density at radius 1 is 0.581 bits per heavy atom. The maximum absolute atomic E-state index is 12.9. The number of carbonyl (C=O) groups excluding carboxylic acids is 2. The van der Waals surface area contributed by atoms with Crippen LogP contribution in [-0.2, 0) is 0 Å². The Kier molecular flexibility index (Phi) is 17.0. The van der Waals surface area contributed by atoms with E-state index in [4.69, 9.17) is 25.5 Å². The average Bonchev–Trinajstić information content (AvgIpc) is 3.01. The number of hydrogen-bond acceptors (Lipinski definition) is 9. The van der Waals surface area contributed by atoms with Gasteiger partial charge in [-0.2, -0.15) is 0 Å². The zero-order valence-corrected chi connectivity index (χ0v) is 24.5. The van der Waals surface area contributed by atoms with Gasteiger partial charge in [0.15, 0.2) is 0 Å². The van der Waals surface area contributed by atoms with E-state index in [0.717, 1.165) is 12.1 Å². The Balaban J connectivity index is 0.000000887. The lowest BCUT2D eigenvalue weighted by atomic mass is 9.88. The van der Waals surface area contributed by atoms with Crippen molar-refractivity contribution >= 4 is 34.5 Å². The predicted octanol–water partition coefficient (Wildman–Crippen LogP) is 1.38. The second kappa shape index (κ2) is 19.5. The van der Waals surface area contributed by atoms with Gasteiger partial charge in [-0.05, 0) is 69.2 Å². The normalized spacial score (nSPS) is 11.0. The minimum Gasteiger partial charge on any atom is -0.478 e. The number of carboxylic acid groups (broad SMARTS) is 2. The molecule has 240 valence electrons. The minimum atomic E-state index is -1.36. The number of rotatable bonds is 18. The molecule has 9 N–H and O–H groups in total. The summed E-state index contributed by atoms with van der Waals surface area (Å²) in [5, 5.41) is 68.3. The van der Waals surface area contributed by atoms with E-state index in [-0.39, 0.29) is 79.2 Å². The first-order chi connectivity index (χ1) is 20.6. The van der Waals surface area contributed by atoms with E-state index >= 15 is 0 Å². The van der Waals surface area contributed by atoms with Crippen molar-refractivity contribution in [2.75, 3.05) is 46.1 Å². The highest BCUT2D eigenvalue weighted by Gasteiger charge is 2.26. The number of amides is 2. The van der Waals surface area contributed by atoms with E-state index in [1.165, 1.54) is 12.1 Å². The third-order valence-corrected chi connectivity index (χ3v) is 7.11. The van der Waals surface area contributed by atoms with Gasteiger partial charge >= 0.3 is 11.9 Å². The van der Waals surface area contributed by atoms with Gasteiger partial charge in [0.1, 0.15) is 0 Å². The van der Waals surface area contributed by atoms with Crippen LogP contribution in [0.15, 0.2) is 24.3 Å². The summed E-state index contributed by atoms with van der Waals surface area (Å²) in [7, 11) is 0. The van der Waals surface area contributed by atoms with Crippen LogP contribution in [0, 0.1) is 5.41 Å². The molecule has 13 nitrogen and oxygen atoms in total. The van der Waals surface area contributed by atoms with Crippen LogP contribution in [-0.4, -0.2) is 106 Å². The molecule has 0 saturated heterocycles. The molecule has 2 amide bonds. The molecule has 2 rings (SSSR count). The fourth-order valence-electron chi connectivity index (χ4n) is 4.14. The zero-order chi connectivity index (χ0) is 32.4. The summed E-state index contributed by atoms with van der Waals surface area (Å²) < 4.78 is 0. The number of hydrogen-bond donors (Lipinski definition) is 9. The Morgan fingerprint density at radius 2 is 0.930 bits per heavy atom. The fraction of sp³-hybridized carbons (Fsp3) is 0.533. The van der Waals surface area contributed by atoms with Crippen LogP contribution in [0.5, 0.6) is 0 Å². The maximum atomic E-state index is 12.9. The van der Waals surface area contributed by atoms with Crippen LogP contribution in [0.4, 0.5) is 0 Å². The van der Waals surface area contributed by atoms with Gasteiger partial charge in [0.2, 0.25) is 0 Å². The smallest absolute Gasteiger partial charge is 0.336 e. The summed E-state index contributed by atoms with van der Waals surface area (Å²) >= 11 is 0. The molecule has 0 aromatic heterocycles. The minimum absolute atomic E-state index is 0.0443. The van der Waals surface area contributed by atoms with E-state index in [1.54, 1.807) is 0 Å². The first kappa shape index (κ1) is 37.4. The number of aromatic carboxylic acids is 2. The van der Waals surface area contributed by atoms with Gasteiger partial charge in [-0.25, -0.2) is 9.59 Å². The summed E-state index contributed by atoms with van der Waals surface area (Å²) in [5.74, 6) is -3.90. The van der Waals surface area contributed by atoms with E-state index in [1.807, 2.05) is 6.92 Å². The van der Waals surface area contributed by atoms with Gasteiger partial charge < -0.3 is 46.4 Å². The molecule has 43 heavy (non-hydrogen) atoms. The molecule has 0 aliphatic rings. The molecule has 0 aliphatic heterocycles. The first-order valence-corrected chi connectivity index (χ1v) is 14.2. The van der Waals surface area contributed by atoms with Crippen molar-refractivity contribution in [2.24, 2.45) is 5.41 Å². The molecule has 2 aromatic rings. The van der Waals surface area contributed by atoms with Crippen molar-refractivity contribution in [2.45, 2.75) is 51.9 Å². The largest absolute Gasteiger partial charge is 0.478 e. The summed E-state index contributed by atoms with van der Waals surface area (Å²) in [6.07, 6.45) is 4.37. The van der Waals surface area contributed by atoms with Crippen molar-refractivity contribution in [3.8, 4) is 0 Å². The number of fused-ring (bicyclic) bond motifs is 1. The predicted molar refractivity (Wildman–Crippen MR) is 158 cm³/mol. The third kappa shape index (κ3) is 10.9. The monoisotopic (exact) mass is 608 g/mol. The Morgan fingerprint density at radius 3 is 1.19 bits per heavy atom. The Labute approximate surface area is 250 Å². The molecule has 0 heterocycles. The second-order valence-corrected chi connectivity index (χ2v) is 10.1. The van der Waals surface area contributed by atoms with Crippen LogP contribution < -0.4 is 10.6 Å². The van der Waals surface area contributed by atoms with Crippen LogP contribution in [0.3, 0.4) is 0 Å². The van der Waals surface area contributed by atoms with E-state index in [0.29, 0.717) is 44.9 Å². The molecule has 0 saturated carbocycles. The molecule has 0 bridgehead atoms. The number of carboxylic acids is 2. The molecule has 0 fully saturated rings. The lowest BCUT2D eigenvalue weighted by Gasteiger charge is -2.24. The van der Waals surface area contributed by atoms with Gasteiger partial charge in [-0.15, -0.1) is 0 Å². The van der Waals surface area contributed by atoms with Crippen LogP contribution >= 0.6 is 0 Å². The van der Waals surface area contributed by atoms with Crippen LogP contribution in [0.25, 0.3) is 10.8 Å². The van der Waals surface area contributed by atoms with E-state index < -0.39 is 29.2 Å². The van der Waals surface area contributed by atoms with E-state index in [2.05, 4.69) is 10.6 Å². The zero-order valence-electron chi connectivity index (χ0n) is 24.5. The van der Waals surface area contributed by atoms with Crippen molar-refractivity contribution < 1.29 is 54.9 Å². The van der Waals surface area contributed by atoms with Gasteiger partial charge in [0.05, 0.1) is 30.9 Å². The van der Waals surface area contributed by atoms with Crippen molar-refractivity contribution in [1.82, 2.24) is 10.6 Å². The average molecular weight is 609 g/mol. The van der Waals surface area contributed by atoms with Crippen molar-refractivity contribution in [3.05, 3.63) is 46.5 Å². The fourth-order valence-corrected chi connectivity index (χ4v) is 4.14. The standard InChI is InChI=1S/C24H30N2O8.C6H14O3/c27-13-5-1-3-11-25-21(29)15-7-8-16(22(30)26-12-4-2-6-14-28)20-18(24(33)34)10-9-17(19(15)20)23(31)32;1-2-6(3-7,4-8)5-9/h7-10,27-28H,1-6,11-14H2,(H,25,29)(H,26,30)(H,31,32)(H,33,34);7-9H,2-5H2,1H3. The molecular weight excluding hydrogens is 564 g/mol. The molecule has 2 aromatic carbocycles. The number of nitrogens with one attached hydrogen (secondary N) is 2. The van der Waals surface area contributed by atoms with Gasteiger partial charge in [0, 0.05) is 53.6 Å². The number of aliphatic hydroxyl groups is 5. The molecule has 0 aliphatic carbocycles. The summed E-state index contributed by atoms with van der Waals surface area (Å²) in [5.41, 5.74) is -1.33. The van der Waals surface area contributed by atoms with E-state index in [9.17, 15) is 29.4 Å².